The van der Waals surface area contributed by atoms with Crippen LogP contribution in [0.2, 0.25) is 0 Å². The Labute approximate surface area is 103 Å². The maximum Gasteiger partial charge on any atom is 0.304 e. The molecule has 1 fully saturated rings. The Balaban J connectivity index is 2.36. The van der Waals surface area contributed by atoms with E-state index in [0.717, 1.165) is 38.0 Å². The second-order valence-electron chi connectivity index (χ2n) is 4.71. The minimum absolute atomic E-state index is 0.00315. The van der Waals surface area contributed by atoms with Crippen LogP contribution in [0.25, 0.3) is 0 Å². The van der Waals surface area contributed by atoms with Crippen LogP contribution in [-0.4, -0.2) is 31.3 Å². The van der Waals surface area contributed by atoms with Gasteiger partial charge in [-0.2, -0.15) is 0 Å². The normalized spacial score (nSPS) is 25.7. The average molecular weight is 263 g/mol. The Morgan fingerprint density at radius 1 is 1.29 bits per heavy atom. The molecule has 17 heavy (non-hydrogen) atoms. The van der Waals surface area contributed by atoms with E-state index >= 15 is 0 Å². The molecule has 1 aliphatic rings. The summed E-state index contributed by atoms with van der Waals surface area (Å²) in [6.07, 6.45) is 4.67. The molecule has 0 radical (unpaired) electrons. The van der Waals surface area contributed by atoms with Crippen molar-refractivity contribution in [3.8, 4) is 0 Å². The Morgan fingerprint density at radius 3 is 2.35 bits per heavy atom. The SMILES string of the molecule is CCC1CCC(NS(=O)(=O)CCC(=O)O)CC1. The molecular weight excluding hydrogens is 242 g/mol. The van der Waals surface area contributed by atoms with Crippen molar-refractivity contribution in [2.24, 2.45) is 5.92 Å². The van der Waals surface area contributed by atoms with E-state index in [1.54, 1.807) is 0 Å². The highest BCUT2D eigenvalue weighted by atomic mass is 32.2. The molecule has 6 heteroatoms. The first-order chi connectivity index (χ1) is 7.93. The van der Waals surface area contributed by atoms with Gasteiger partial charge in [-0.15, -0.1) is 0 Å². The molecule has 0 atom stereocenters. The summed E-state index contributed by atoms with van der Waals surface area (Å²) in [7, 11) is -3.43. The van der Waals surface area contributed by atoms with Crippen molar-refractivity contribution in [2.45, 2.75) is 51.5 Å². The van der Waals surface area contributed by atoms with Crippen molar-refractivity contribution in [1.29, 1.82) is 0 Å². The molecule has 1 rings (SSSR count). The van der Waals surface area contributed by atoms with Crippen LogP contribution in [0.3, 0.4) is 0 Å². The fourth-order valence-corrected chi connectivity index (χ4v) is 3.53. The topological polar surface area (TPSA) is 83.5 Å². The monoisotopic (exact) mass is 263 g/mol. The summed E-state index contributed by atoms with van der Waals surface area (Å²) in [5.41, 5.74) is 0. The first kappa shape index (κ1) is 14.4. The average Bonchev–Trinajstić information content (AvgIpc) is 2.27. The second kappa shape index (κ2) is 6.35. The van der Waals surface area contributed by atoms with Crippen LogP contribution >= 0.6 is 0 Å². The van der Waals surface area contributed by atoms with Crippen LogP contribution in [0.4, 0.5) is 0 Å². The van der Waals surface area contributed by atoms with Crippen LogP contribution in [0.15, 0.2) is 0 Å². The Kier molecular flexibility index (Phi) is 5.39. The number of nitrogens with one attached hydrogen (secondary N) is 1. The number of carbonyl (C=O) groups is 1. The number of hydrogen-bond donors (Lipinski definition) is 2. The van der Waals surface area contributed by atoms with Gasteiger partial charge in [-0.1, -0.05) is 13.3 Å². The lowest BCUT2D eigenvalue weighted by Crippen LogP contribution is -2.39. The van der Waals surface area contributed by atoms with E-state index in [9.17, 15) is 13.2 Å². The molecule has 0 aromatic carbocycles. The number of aliphatic carboxylic acids is 1. The summed E-state index contributed by atoms with van der Waals surface area (Å²) in [5.74, 6) is -0.685. The molecule has 0 aromatic rings. The molecule has 0 saturated heterocycles. The molecule has 0 unspecified atom stereocenters. The summed E-state index contributed by atoms with van der Waals surface area (Å²) in [6, 6.07) is -0.00315. The first-order valence-corrected chi connectivity index (χ1v) is 7.80. The summed E-state index contributed by atoms with van der Waals surface area (Å²) >= 11 is 0. The highest BCUT2D eigenvalue weighted by molar-refractivity contribution is 7.89. The van der Waals surface area contributed by atoms with E-state index in [4.69, 9.17) is 5.11 Å². The molecule has 0 aromatic heterocycles. The maximum absolute atomic E-state index is 11.6. The van der Waals surface area contributed by atoms with Gasteiger partial charge < -0.3 is 5.11 Å². The number of hydrogen-bond acceptors (Lipinski definition) is 3. The van der Waals surface area contributed by atoms with Crippen molar-refractivity contribution in [3.63, 3.8) is 0 Å². The van der Waals surface area contributed by atoms with E-state index in [-0.39, 0.29) is 18.2 Å². The van der Waals surface area contributed by atoms with Gasteiger partial charge in [0.1, 0.15) is 0 Å². The molecule has 0 heterocycles. The molecule has 5 nitrogen and oxygen atoms in total. The smallest absolute Gasteiger partial charge is 0.304 e. The van der Waals surface area contributed by atoms with Crippen molar-refractivity contribution in [1.82, 2.24) is 4.72 Å². The fourth-order valence-electron chi connectivity index (χ4n) is 2.22. The molecular formula is C11H21NO4S. The van der Waals surface area contributed by atoms with Gasteiger partial charge in [-0.05, 0) is 31.6 Å². The summed E-state index contributed by atoms with van der Waals surface area (Å²) in [4.78, 5) is 10.3. The van der Waals surface area contributed by atoms with Crippen molar-refractivity contribution < 1.29 is 18.3 Å². The molecule has 1 saturated carbocycles. The van der Waals surface area contributed by atoms with Gasteiger partial charge in [-0.25, -0.2) is 13.1 Å². The fraction of sp³-hybridized carbons (Fsp3) is 0.909. The first-order valence-electron chi connectivity index (χ1n) is 6.14. The Hall–Kier alpha value is -0.620. The molecule has 1 aliphatic carbocycles. The molecule has 0 amide bonds. The van der Waals surface area contributed by atoms with Crippen LogP contribution < -0.4 is 4.72 Å². The molecule has 100 valence electrons. The van der Waals surface area contributed by atoms with Gasteiger partial charge in [0.15, 0.2) is 0 Å². The number of carboxylic acids is 1. The third-order valence-electron chi connectivity index (χ3n) is 3.35. The van der Waals surface area contributed by atoms with Crippen molar-refractivity contribution in [2.75, 3.05) is 5.75 Å². The largest absolute Gasteiger partial charge is 0.481 e. The summed E-state index contributed by atoms with van der Waals surface area (Å²) in [6.45, 7) is 2.15. The zero-order valence-corrected chi connectivity index (χ0v) is 11.0. The Bertz CT molecular complexity index is 344. The van der Waals surface area contributed by atoms with Crippen molar-refractivity contribution >= 4 is 16.0 Å². The number of carboxylic acid groups (broad SMARTS) is 1. The van der Waals surface area contributed by atoms with Gasteiger partial charge in [-0.3, -0.25) is 4.79 Å². The highest BCUT2D eigenvalue weighted by Crippen LogP contribution is 2.26. The minimum atomic E-state index is -3.43. The zero-order valence-electron chi connectivity index (χ0n) is 10.2. The van der Waals surface area contributed by atoms with E-state index in [2.05, 4.69) is 11.6 Å². The van der Waals surface area contributed by atoms with Gasteiger partial charge in [0, 0.05) is 6.04 Å². The lowest BCUT2D eigenvalue weighted by molar-refractivity contribution is -0.136. The Morgan fingerprint density at radius 2 is 1.88 bits per heavy atom. The molecule has 2 N–H and O–H groups in total. The van der Waals surface area contributed by atoms with E-state index in [1.165, 1.54) is 0 Å². The molecule has 0 spiro atoms. The summed E-state index contributed by atoms with van der Waals surface area (Å²) < 4.78 is 25.8. The predicted octanol–water partition coefficient (Wildman–Crippen LogP) is 1.35. The van der Waals surface area contributed by atoms with Crippen molar-refractivity contribution in [3.05, 3.63) is 0 Å². The number of rotatable bonds is 6. The third kappa shape index (κ3) is 5.50. The molecule has 0 aliphatic heterocycles. The lowest BCUT2D eigenvalue weighted by Gasteiger charge is -2.28. The van der Waals surface area contributed by atoms with Crippen LogP contribution in [0, 0.1) is 5.92 Å². The van der Waals surface area contributed by atoms with Gasteiger partial charge in [0.05, 0.1) is 12.2 Å². The van der Waals surface area contributed by atoms with E-state index < -0.39 is 16.0 Å². The van der Waals surface area contributed by atoms with E-state index in [0.29, 0.717) is 0 Å². The van der Waals surface area contributed by atoms with E-state index in [1.807, 2.05) is 0 Å². The maximum atomic E-state index is 11.6. The van der Waals surface area contributed by atoms with Gasteiger partial charge in [0.2, 0.25) is 10.0 Å². The number of sulfonamides is 1. The van der Waals surface area contributed by atoms with Crippen LogP contribution in [-0.2, 0) is 14.8 Å². The van der Waals surface area contributed by atoms with Crippen LogP contribution in [0.5, 0.6) is 0 Å². The second-order valence-corrected chi connectivity index (χ2v) is 6.58. The lowest BCUT2D eigenvalue weighted by atomic mass is 9.85. The standard InChI is InChI=1S/C11H21NO4S/c1-2-9-3-5-10(6-4-9)12-17(15,16)8-7-11(13)14/h9-10,12H,2-8H2,1H3,(H,13,14). The molecule has 0 bridgehead atoms. The van der Waals surface area contributed by atoms with Gasteiger partial charge >= 0.3 is 5.97 Å². The summed E-state index contributed by atoms with van der Waals surface area (Å²) in [5, 5.41) is 8.46. The highest BCUT2D eigenvalue weighted by Gasteiger charge is 2.24. The van der Waals surface area contributed by atoms with Crippen LogP contribution in [0.1, 0.15) is 45.4 Å². The third-order valence-corrected chi connectivity index (χ3v) is 4.79. The zero-order chi connectivity index (χ0) is 12.9. The predicted molar refractivity (Wildman–Crippen MR) is 65.2 cm³/mol. The minimum Gasteiger partial charge on any atom is -0.481 e. The van der Waals surface area contributed by atoms with Gasteiger partial charge in [0.25, 0.3) is 0 Å². The quantitative estimate of drug-likeness (QED) is 0.757.